The molecular formula is C14H17NO2. The second-order valence-corrected chi connectivity index (χ2v) is 3.68. The predicted molar refractivity (Wildman–Crippen MR) is 69.1 cm³/mol. The van der Waals surface area contributed by atoms with Crippen molar-refractivity contribution in [2.45, 2.75) is 13.5 Å². The zero-order valence-corrected chi connectivity index (χ0v) is 9.98. The van der Waals surface area contributed by atoms with E-state index in [1.807, 2.05) is 30.3 Å². The molecule has 90 valence electrons. The van der Waals surface area contributed by atoms with Gasteiger partial charge in [0.25, 0.3) is 0 Å². The molecule has 1 aromatic carbocycles. The van der Waals surface area contributed by atoms with E-state index in [0.29, 0.717) is 12.1 Å². The summed E-state index contributed by atoms with van der Waals surface area (Å²) in [7, 11) is 0. The lowest BCUT2D eigenvalue weighted by Crippen LogP contribution is -2.04. The summed E-state index contributed by atoms with van der Waals surface area (Å²) in [5.41, 5.74) is 8.12. The highest BCUT2D eigenvalue weighted by molar-refractivity contribution is 5.87. The van der Waals surface area contributed by atoms with E-state index in [1.54, 1.807) is 13.0 Å². The molecule has 0 atom stereocenters. The molecule has 0 aliphatic rings. The van der Waals surface area contributed by atoms with Crippen LogP contribution in [0.5, 0.6) is 0 Å². The van der Waals surface area contributed by atoms with Gasteiger partial charge in [-0.15, -0.1) is 0 Å². The Hall–Kier alpha value is -1.87. The van der Waals surface area contributed by atoms with E-state index in [-0.39, 0.29) is 12.6 Å². The van der Waals surface area contributed by atoms with Crippen LogP contribution in [0.1, 0.15) is 18.1 Å². The van der Waals surface area contributed by atoms with Gasteiger partial charge in [0, 0.05) is 12.1 Å². The van der Waals surface area contributed by atoms with Crippen LogP contribution in [0.2, 0.25) is 0 Å². The first-order valence-corrected chi connectivity index (χ1v) is 5.42. The lowest BCUT2D eigenvalue weighted by atomic mass is 10.1. The molecule has 1 aromatic rings. The standard InChI is InChI=1S/C14H17NO2/c1-11(2)14(16)17-9-5-8-12-6-3-4-7-13(12)10-15/h3-8H,1,9-10,15H2,2H3. The maximum Gasteiger partial charge on any atom is 0.333 e. The molecule has 1 rings (SSSR count). The van der Waals surface area contributed by atoms with Crippen molar-refractivity contribution in [3.05, 3.63) is 53.6 Å². The summed E-state index contributed by atoms with van der Waals surface area (Å²) >= 11 is 0. The Morgan fingerprint density at radius 2 is 2.18 bits per heavy atom. The highest BCUT2D eigenvalue weighted by Gasteiger charge is 2.00. The van der Waals surface area contributed by atoms with Crippen LogP contribution in [0.25, 0.3) is 6.08 Å². The summed E-state index contributed by atoms with van der Waals surface area (Å²) in [5.74, 6) is -0.373. The van der Waals surface area contributed by atoms with E-state index >= 15 is 0 Å². The van der Waals surface area contributed by atoms with Gasteiger partial charge in [-0.1, -0.05) is 36.9 Å². The molecule has 0 aliphatic carbocycles. The molecular weight excluding hydrogens is 214 g/mol. The molecule has 17 heavy (non-hydrogen) atoms. The Kier molecular flexibility index (Phi) is 5.17. The third-order valence-corrected chi connectivity index (χ3v) is 2.23. The van der Waals surface area contributed by atoms with Crippen molar-refractivity contribution in [2.75, 3.05) is 6.61 Å². The van der Waals surface area contributed by atoms with E-state index in [4.69, 9.17) is 10.5 Å². The average Bonchev–Trinajstić information content (AvgIpc) is 2.34. The summed E-state index contributed by atoms with van der Waals surface area (Å²) in [5, 5.41) is 0. The summed E-state index contributed by atoms with van der Waals surface area (Å²) in [6.45, 7) is 5.86. The van der Waals surface area contributed by atoms with Gasteiger partial charge in [0.2, 0.25) is 0 Å². The van der Waals surface area contributed by atoms with Gasteiger partial charge in [0.15, 0.2) is 0 Å². The van der Waals surface area contributed by atoms with Crippen LogP contribution in [-0.2, 0) is 16.1 Å². The topological polar surface area (TPSA) is 52.3 Å². The lowest BCUT2D eigenvalue weighted by molar-refractivity contribution is -0.137. The van der Waals surface area contributed by atoms with Gasteiger partial charge in [-0.3, -0.25) is 0 Å². The average molecular weight is 231 g/mol. The van der Waals surface area contributed by atoms with Gasteiger partial charge >= 0.3 is 5.97 Å². The van der Waals surface area contributed by atoms with Crippen molar-refractivity contribution in [3.8, 4) is 0 Å². The minimum Gasteiger partial charge on any atom is -0.458 e. The Labute approximate surface area is 102 Å². The number of benzene rings is 1. The molecule has 3 nitrogen and oxygen atoms in total. The Balaban J connectivity index is 2.54. The number of esters is 1. The number of rotatable bonds is 5. The SMILES string of the molecule is C=C(C)C(=O)OCC=Cc1ccccc1CN. The number of hydrogen-bond donors (Lipinski definition) is 1. The van der Waals surface area contributed by atoms with Gasteiger partial charge in [-0.05, 0) is 24.1 Å². The summed E-state index contributed by atoms with van der Waals surface area (Å²) in [4.78, 5) is 11.1. The molecule has 0 bridgehead atoms. The number of carbonyl (C=O) groups excluding carboxylic acids is 1. The second kappa shape index (κ2) is 6.66. The number of nitrogens with two attached hydrogens (primary N) is 1. The zero-order valence-electron chi connectivity index (χ0n) is 9.98. The first-order valence-electron chi connectivity index (χ1n) is 5.42. The maximum absolute atomic E-state index is 11.1. The predicted octanol–water partition coefficient (Wildman–Crippen LogP) is 2.28. The van der Waals surface area contributed by atoms with Crippen LogP contribution in [0.4, 0.5) is 0 Å². The monoisotopic (exact) mass is 231 g/mol. The molecule has 2 N–H and O–H groups in total. The fraction of sp³-hybridized carbons (Fsp3) is 0.214. The third kappa shape index (κ3) is 4.25. The molecule has 0 aliphatic heterocycles. The minimum atomic E-state index is -0.373. The van der Waals surface area contributed by atoms with Crippen LogP contribution in [0.3, 0.4) is 0 Å². The second-order valence-electron chi connectivity index (χ2n) is 3.68. The molecule has 0 aromatic heterocycles. The number of carbonyl (C=O) groups is 1. The summed E-state index contributed by atoms with van der Waals surface area (Å²) in [6, 6.07) is 7.83. The Morgan fingerprint density at radius 3 is 2.82 bits per heavy atom. The minimum absolute atomic E-state index is 0.241. The molecule has 0 saturated carbocycles. The van der Waals surface area contributed by atoms with Crippen LogP contribution in [-0.4, -0.2) is 12.6 Å². The largest absolute Gasteiger partial charge is 0.458 e. The van der Waals surface area contributed by atoms with Crippen molar-refractivity contribution < 1.29 is 9.53 Å². The van der Waals surface area contributed by atoms with E-state index in [9.17, 15) is 4.79 Å². The van der Waals surface area contributed by atoms with Crippen LogP contribution in [0.15, 0.2) is 42.5 Å². The first kappa shape index (κ1) is 13.2. The smallest absolute Gasteiger partial charge is 0.333 e. The normalized spacial score (nSPS) is 10.5. The maximum atomic E-state index is 11.1. The van der Waals surface area contributed by atoms with E-state index in [0.717, 1.165) is 11.1 Å². The summed E-state index contributed by atoms with van der Waals surface area (Å²) in [6.07, 6.45) is 3.68. The molecule has 0 saturated heterocycles. The van der Waals surface area contributed by atoms with Crippen LogP contribution in [0, 0.1) is 0 Å². The van der Waals surface area contributed by atoms with Crippen molar-refractivity contribution in [1.82, 2.24) is 0 Å². The van der Waals surface area contributed by atoms with Crippen molar-refractivity contribution in [2.24, 2.45) is 5.73 Å². The Bertz CT molecular complexity index is 436. The molecule has 0 spiro atoms. The molecule has 0 radical (unpaired) electrons. The van der Waals surface area contributed by atoms with E-state index in [1.165, 1.54) is 0 Å². The molecule has 3 heteroatoms. The van der Waals surface area contributed by atoms with Gasteiger partial charge in [0.1, 0.15) is 6.61 Å². The van der Waals surface area contributed by atoms with Crippen LogP contribution >= 0.6 is 0 Å². The van der Waals surface area contributed by atoms with Crippen molar-refractivity contribution in [3.63, 3.8) is 0 Å². The quantitative estimate of drug-likeness (QED) is 0.624. The number of hydrogen-bond acceptors (Lipinski definition) is 3. The molecule has 0 amide bonds. The van der Waals surface area contributed by atoms with Gasteiger partial charge in [-0.25, -0.2) is 4.79 Å². The van der Waals surface area contributed by atoms with E-state index in [2.05, 4.69) is 6.58 Å². The molecule has 0 fully saturated rings. The number of ether oxygens (including phenoxy) is 1. The molecule has 0 heterocycles. The zero-order chi connectivity index (χ0) is 12.7. The van der Waals surface area contributed by atoms with E-state index < -0.39 is 0 Å². The fourth-order valence-corrected chi connectivity index (χ4v) is 1.30. The van der Waals surface area contributed by atoms with Gasteiger partial charge in [-0.2, -0.15) is 0 Å². The van der Waals surface area contributed by atoms with Crippen molar-refractivity contribution >= 4 is 12.0 Å². The van der Waals surface area contributed by atoms with Crippen LogP contribution < -0.4 is 5.73 Å². The third-order valence-electron chi connectivity index (χ3n) is 2.23. The molecule has 0 unspecified atom stereocenters. The summed E-state index contributed by atoms with van der Waals surface area (Å²) < 4.78 is 4.94. The first-order chi connectivity index (χ1) is 8.15. The van der Waals surface area contributed by atoms with Gasteiger partial charge in [0.05, 0.1) is 0 Å². The lowest BCUT2D eigenvalue weighted by Gasteiger charge is -2.02. The fourth-order valence-electron chi connectivity index (χ4n) is 1.30. The Morgan fingerprint density at radius 1 is 1.47 bits per heavy atom. The highest BCUT2D eigenvalue weighted by atomic mass is 16.5. The van der Waals surface area contributed by atoms with Crippen molar-refractivity contribution in [1.29, 1.82) is 0 Å². The van der Waals surface area contributed by atoms with Gasteiger partial charge < -0.3 is 10.5 Å². The highest BCUT2D eigenvalue weighted by Crippen LogP contribution is 2.09.